The van der Waals surface area contributed by atoms with Gasteiger partial charge in [-0.1, -0.05) is 35.3 Å². The molecule has 0 spiro atoms. The van der Waals surface area contributed by atoms with Crippen LogP contribution in [0.3, 0.4) is 0 Å². The van der Waals surface area contributed by atoms with Crippen LogP contribution < -0.4 is 4.90 Å². The predicted molar refractivity (Wildman–Crippen MR) is 131 cm³/mol. The number of aryl methyl sites for hydroxylation is 1. The lowest BCUT2D eigenvalue weighted by Crippen LogP contribution is -2.28. The minimum atomic E-state index is 0.500. The third-order valence-electron chi connectivity index (χ3n) is 5.90. The van der Waals surface area contributed by atoms with Gasteiger partial charge in [0.05, 0.1) is 45.4 Å². The van der Waals surface area contributed by atoms with Crippen molar-refractivity contribution in [2.75, 3.05) is 18.0 Å². The Bertz CT molecular complexity index is 1440. The number of halogens is 2. The lowest BCUT2D eigenvalue weighted by atomic mass is 10.1. The Hall–Kier alpha value is -3.22. The predicted octanol–water partition coefficient (Wildman–Crippen LogP) is 5.78. The molecule has 0 saturated heterocycles. The number of hydrogen-bond acceptors (Lipinski definition) is 5. The number of nitrogens with zero attached hydrogens (tertiary/aromatic N) is 6. The van der Waals surface area contributed by atoms with Gasteiger partial charge in [-0.2, -0.15) is 0 Å². The summed E-state index contributed by atoms with van der Waals surface area (Å²) in [5, 5.41) is 1.03. The van der Waals surface area contributed by atoms with Gasteiger partial charge in [-0.15, -0.1) is 0 Å². The van der Waals surface area contributed by atoms with Gasteiger partial charge in [0, 0.05) is 24.8 Å². The molecule has 0 fully saturated rings. The summed E-state index contributed by atoms with van der Waals surface area (Å²) in [6.07, 6.45) is 4.23. The first-order chi connectivity index (χ1) is 15.6. The zero-order valence-electron chi connectivity index (χ0n) is 17.3. The second-order valence-electron chi connectivity index (χ2n) is 7.85. The molecule has 0 atom stereocenters. The summed E-state index contributed by atoms with van der Waals surface area (Å²) in [5.41, 5.74) is 6.74. The summed E-state index contributed by atoms with van der Waals surface area (Å²) in [7, 11) is 0. The first-order valence-corrected chi connectivity index (χ1v) is 11.1. The minimum absolute atomic E-state index is 0.500. The van der Waals surface area contributed by atoms with Crippen molar-refractivity contribution in [3.8, 4) is 5.69 Å². The van der Waals surface area contributed by atoms with Crippen LogP contribution in [-0.2, 0) is 0 Å². The van der Waals surface area contributed by atoms with Crippen LogP contribution in [-0.4, -0.2) is 39.2 Å². The molecule has 4 heterocycles. The maximum absolute atomic E-state index is 6.31. The molecule has 0 N–H and O–H groups in total. The van der Waals surface area contributed by atoms with Crippen LogP contribution in [0.5, 0.6) is 0 Å². The average molecular weight is 461 g/mol. The van der Waals surface area contributed by atoms with E-state index < -0.39 is 0 Å². The van der Waals surface area contributed by atoms with Gasteiger partial charge >= 0.3 is 0 Å². The minimum Gasteiger partial charge on any atom is -0.326 e. The smallest absolute Gasteiger partial charge is 0.111 e. The van der Waals surface area contributed by atoms with Crippen molar-refractivity contribution in [3.05, 3.63) is 76.3 Å². The first-order valence-electron chi connectivity index (χ1n) is 10.4. The van der Waals surface area contributed by atoms with Gasteiger partial charge in [0.25, 0.3) is 0 Å². The molecule has 32 heavy (non-hydrogen) atoms. The second-order valence-corrected chi connectivity index (χ2v) is 8.66. The largest absolute Gasteiger partial charge is 0.326 e. The van der Waals surface area contributed by atoms with E-state index in [1.807, 2.05) is 25.1 Å². The highest BCUT2D eigenvalue weighted by atomic mass is 35.5. The van der Waals surface area contributed by atoms with Gasteiger partial charge in [0.1, 0.15) is 17.2 Å². The third kappa shape index (κ3) is 3.10. The SMILES string of the molecule is Cc1nc2cnccc2n1-c1ccc(C2=Nc3cc(Cl)c(Cl)cc3N3CCN=C3C2)cc1. The highest BCUT2D eigenvalue weighted by Crippen LogP contribution is 2.40. The molecule has 158 valence electrons. The molecule has 0 amide bonds. The van der Waals surface area contributed by atoms with Crippen molar-refractivity contribution in [2.45, 2.75) is 13.3 Å². The van der Waals surface area contributed by atoms with E-state index in [2.05, 4.69) is 43.7 Å². The fraction of sp³-hybridized carbons (Fsp3) is 0.167. The van der Waals surface area contributed by atoms with Crippen LogP contribution in [0.1, 0.15) is 17.8 Å². The lowest BCUT2D eigenvalue weighted by Gasteiger charge is -2.20. The summed E-state index contributed by atoms with van der Waals surface area (Å²) in [5.74, 6) is 1.93. The van der Waals surface area contributed by atoms with E-state index in [0.29, 0.717) is 16.5 Å². The van der Waals surface area contributed by atoms with Crippen LogP contribution in [0.4, 0.5) is 11.4 Å². The number of anilines is 1. The van der Waals surface area contributed by atoms with Gasteiger partial charge in [-0.3, -0.25) is 19.5 Å². The van der Waals surface area contributed by atoms with Gasteiger partial charge in [0.2, 0.25) is 0 Å². The molecule has 0 saturated carbocycles. The zero-order valence-corrected chi connectivity index (χ0v) is 18.8. The van der Waals surface area contributed by atoms with Crippen molar-refractivity contribution < 1.29 is 0 Å². The van der Waals surface area contributed by atoms with Crippen molar-refractivity contribution >= 4 is 57.2 Å². The monoisotopic (exact) mass is 460 g/mol. The number of amidine groups is 1. The highest BCUT2D eigenvalue weighted by molar-refractivity contribution is 6.42. The highest BCUT2D eigenvalue weighted by Gasteiger charge is 2.27. The van der Waals surface area contributed by atoms with E-state index in [0.717, 1.165) is 64.1 Å². The van der Waals surface area contributed by atoms with Crippen molar-refractivity contribution in [3.63, 3.8) is 0 Å². The van der Waals surface area contributed by atoms with E-state index in [9.17, 15) is 0 Å². The van der Waals surface area contributed by atoms with E-state index in [4.69, 9.17) is 33.2 Å². The Balaban J connectivity index is 1.43. The van der Waals surface area contributed by atoms with Gasteiger partial charge in [0.15, 0.2) is 0 Å². The molecule has 2 aliphatic heterocycles. The molecule has 0 unspecified atom stereocenters. The maximum Gasteiger partial charge on any atom is 0.111 e. The molecular weight excluding hydrogens is 443 g/mol. The van der Waals surface area contributed by atoms with Crippen molar-refractivity contribution in [1.29, 1.82) is 0 Å². The molecular formula is C24H18Cl2N6. The van der Waals surface area contributed by atoms with Crippen LogP contribution in [0.2, 0.25) is 10.0 Å². The van der Waals surface area contributed by atoms with Crippen molar-refractivity contribution in [1.82, 2.24) is 14.5 Å². The van der Waals surface area contributed by atoms with Crippen LogP contribution in [0, 0.1) is 6.92 Å². The Morgan fingerprint density at radius 2 is 1.81 bits per heavy atom. The lowest BCUT2D eigenvalue weighted by molar-refractivity contribution is 1.00. The molecule has 6 nitrogen and oxygen atoms in total. The van der Waals surface area contributed by atoms with E-state index in [1.165, 1.54) is 0 Å². The Kier molecular flexibility index (Phi) is 4.52. The molecule has 2 aromatic heterocycles. The van der Waals surface area contributed by atoms with Crippen molar-refractivity contribution in [2.24, 2.45) is 9.98 Å². The topological polar surface area (TPSA) is 58.7 Å². The standard InChI is InChI=1S/C24H18Cl2N6/c1-14-29-21-13-27-7-6-22(21)32(14)16-4-2-15(3-5-16)19-12-24-28-8-9-31(24)23-11-18(26)17(25)10-20(23)30-19/h2-7,10-11,13H,8-9,12H2,1H3. The number of pyridine rings is 1. The van der Waals surface area contributed by atoms with E-state index in [1.54, 1.807) is 12.4 Å². The molecule has 0 aliphatic carbocycles. The van der Waals surface area contributed by atoms with Crippen LogP contribution >= 0.6 is 23.2 Å². The molecule has 0 bridgehead atoms. The van der Waals surface area contributed by atoms with Gasteiger partial charge in [-0.05, 0) is 42.8 Å². The third-order valence-corrected chi connectivity index (χ3v) is 6.62. The summed E-state index contributed by atoms with van der Waals surface area (Å²) in [6.45, 7) is 3.59. The number of rotatable bonds is 2. The number of aliphatic imine (C=N–C) groups is 2. The zero-order chi connectivity index (χ0) is 21.8. The molecule has 2 aliphatic rings. The fourth-order valence-corrected chi connectivity index (χ4v) is 4.73. The number of hydrogen-bond donors (Lipinski definition) is 0. The Labute approximate surface area is 194 Å². The Morgan fingerprint density at radius 1 is 1.00 bits per heavy atom. The molecule has 4 aromatic rings. The van der Waals surface area contributed by atoms with Gasteiger partial charge in [-0.25, -0.2) is 4.98 Å². The average Bonchev–Trinajstić information content (AvgIpc) is 3.35. The summed E-state index contributed by atoms with van der Waals surface area (Å²) < 4.78 is 2.13. The summed E-state index contributed by atoms with van der Waals surface area (Å²) >= 11 is 12.6. The molecule has 8 heteroatoms. The number of imidazole rings is 1. The number of fused-ring (bicyclic) bond motifs is 4. The number of benzene rings is 2. The van der Waals surface area contributed by atoms with E-state index >= 15 is 0 Å². The summed E-state index contributed by atoms with van der Waals surface area (Å²) in [6, 6.07) is 14.1. The molecule has 0 radical (unpaired) electrons. The van der Waals surface area contributed by atoms with Crippen LogP contribution in [0.25, 0.3) is 16.7 Å². The quantitative estimate of drug-likeness (QED) is 0.380. The Morgan fingerprint density at radius 3 is 2.66 bits per heavy atom. The molecule has 6 rings (SSSR count). The molecule has 2 aromatic carbocycles. The fourth-order valence-electron chi connectivity index (χ4n) is 4.42. The van der Waals surface area contributed by atoms with E-state index in [-0.39, 0.29) is 0 Å². The van der Waals surface area contributed by atoms with Crippen LogP contribution in [0.15, 0.2) is 64.8 Å². The summed E-state index contributed by atoms with van der Waals surface area (Å²) in [4.78, 5) is 20.7. The maximum atomic E-state index is 6.31. The van der Waals surface area contributed by atoms with Gasteiger partial charge < -0.3 is 4.90 Å². The normalized spacial score (nSPS) is 15.3. The first kappa shape index (κ1) is 19.5. The second kappa shape index (κ2) is 7.43. The number of aromatic nitrogens is 3.